The van der Waals surface area contributed by atoms with Crippen molar-refractivity contribution >= 4 is 5.91 Å². The monoisotopic (exact) mass is 264 g/mol. The van der Waals surface area contributed by atoms with Gasteiger partial charge in [-0.05, 0) is 17.9 Å². The molecule has 1 rings (SSSR count). The van der Waals surface area contributed by atoms with E-state index in [0.29, 0.717) is 31.9 Å². The van der Waals surface area contributed by atoms with Gasteiger partial charge in [-0.25, -0.2) is 0 Å². The van der Waals surface area contributed by atoms with E-state index >= 15 is 0 Å². The Hall–Kier alpha value is -1.39. The number of hydrogen-bond acceptors (Lipinski definition) is 3. The van der Waals surface area contributed by atoms with Crippen molar-refractivity contribution in [3.8, 4) is 0 Å². The second kappa shape index (κ2) is 8.67. The molecule has 1 aromatic carbocycles. The molecule has 0 spiro atoms. The Balaban J connectivity index is 2.23. The molecule has 106 valence electrons. The third-order valence-electron chi connectivity index (χ3n) is 3.01. The number of benzene rings is 1. The van der Waals surface area contributed by atoms with E-state index in [1.165, 1.54) is 0 Å². The van der Waals surface area contributed by atoms with Crippen molar-refractivity contribution in [2.24, 2.45) is 11.7 Å². The van der Waals surface area contributed by atoms with Gasteiger partial charge in [0.1, 0.15) is 0 Å². The average Bonchev–Trinajstić information content (AvgIpc) is 2.44. The van der Waals surface area contributed by atoms with Crippen LogP contribution in [0.5, 0.6) is 0 Å². The fourth-order valence-corrected chi connectivity index (χ4v) is 1.87. The van der Waals surface area contributed by atoms with Crippen LogP contribution in [-0.4, -0.2) is 26.2 Å². The summed E-state index contributed by atoms with van der Waals surface area (Å²) in [6.07, 6.45) is 1.12. The minimum atomic E-state index is -0.0802. The van der Waals surface area contributed by atoms with E-state index in [0.717, 1.165) is 5.56 Å². The summed E-state index contributed by atoms with van der Waals surface area (Å²) in [7, 11) is 1.66. The van der Waals surface area contributed by atoms with Gasteiger partial charge < -0.3 is 15.8 Å². The zero-order chi connectivity index (χ0) is 14.1. The second-order valence-electron chi connectivity index (χ2n) is 4.92. The van der Waals surface area contributed by atoms with E-state index in [1.54, 1.807) is 7.11 Å². The van der Waals surface area contributed by atoms with E-state index in [9.17, 15) is 4.79 Å². The van der Waals surface area contributed by atoms with Crippen LogP contribution in [0.15, 0.2) is 30.3 Å². The van der Waals surface area contributed by atoms with E-state index in [2.05, 4.69) is 5.32 Å². The van der Waals surface area contributed by atoms with Gasteiger partial charge in [-0.15, -0.1) is 0 Å². The molecule has 2 atom stereocenters. The van der Waals surface area contributed by atoms with Crippen LogP contribution in [0.3, 0.4) is 0 Å². The highest BCUT2D eigenvalue weighted by Gasteiger charge is 2.09. The van der Waals surface area contributed by atoms with Crippen molar-refractivity contribution in [3.63, 3.8) is 0 Å². The molecule has 0 saturated carbocycles. The summed E-state index contributed by atoms with van der Waals surface area (Å²) in [5.74, 6) is 0.381. The minimum Gasteiger partial charge on any atom is -0.384 e. The predicted octanol–water partition coefficient (Wildman–Crippen LogP) is 1.87. The maximum atomic E-state index is 11.7. The van der Waals surface area contributed by atoms with Crippen LogP contribution >= 0.6 is 0 Å². The number of amides is 1. The summed E-state index contributed by atoms with van der Waals surface area (Å²) in [6.45, 7) is 3.34. The molecule has 3 N–H and O–H groups in total. The lowest BCUT2D eigenvalue weighted by Gasteiger charge is -2.14. The Morgan fingerprint density at radius 2 is 2.05 bits per heavy atom. The molecule has 0 fully saturated rings. The van der Waals surface area contributed by atoms with Crippen LogP contribution in [0.1, 0.15) is 31.4 Å². The maximum Gasteiger partial charge on any atom is 0.220 e. The van der Waals surface area contributed by atoms with Crippen LogP contribution in [0.4, 0.5) is 0 Å². The van der Waals surface area contributed by atoms with Crippen LogP contribution in [0.2, 0.25) is 0 Å². The lowest BCUT2D eigenvalue weighted by Crippen LogP contribution is -2.30. The number of carbonyl (C=O) groups is 1. The van der Waals surface area contributed by atoms with Gasteiger partial charge >= 0.3 is 0 Å². The lowest BCUT2D eigenvalue weighted by molar-refractivity contribution is -0.121. The Labute approximate surface area is 115 Å². The summed E-state index contributed by atoms with van der Waals surface area (Å²) < 4.78 is 5.02. The largest absolute Gasteiger partial charge is 0.384 e. The van der Waals surface area contributed by atoms with Gasteiger partial charge in [0, 0.05) is 26.1 Å². The number of carbonyl (C=O) groups excluding carboxylic acids is 1. The fraction of sp³-hybridized carbons (Fsp3) is 0.533. The molecule has 1 aromatic rings. The third-order valence-corrected chi connectivity index (χ3v) is 3.01. The molecule has 0 saturated heterocycles. The van der Waals surface area contributed by atoms with E-state index < -0.39 is 0 Å². The van der Waals surface area contributed by atoms with E-state index in [4.69, 9.17) is 10.5 Å². The summed E-state index contributed by atoms with van der Waals surface area (Å²) in [6, 6.07) is 9.78. The standard InChI is InChI=1S/C15H24N2O2/c1-12(11-19-2)10-17-15(18)9-8-14(16)13-6-4-3-5-7-13/h3-7,12,14H,8-11,16H2,1-2H3,(H,17,18). The van der Waals surface area contributed by atoms with E-state index in [1.807, 2.05) is 37.3 Å². The first-order chi connectivity index (χ1) is 9.13. The number of nitrogens with one attached hydrogen (secondary N) is 1. The van der Waals surface area contributed by atoms with Crippen molar-refractivity contribution in [1.29, 1.82) is 0 Å². The number of nitrogens with two attached hydrogens (primary N) is 1. The highest BCUT2D eigenvalue weighted by atomic mass is 16.5. The Morgan fingerprint density at radius 1 is 1.37 bits per heavy atom. The zero-order valence-corrected chi connectivity index (χ0v) is 11.8. The topological polar surface area (TPSA) is 64.3 Å². The number of rotatable bonds is 8. The van der Waals surface area contributed by atoms with Crippen LogP contribution in [-0.2, 0) is 9.53 Å². The van der Waals surface area contributed by atoms with Gasteiger partial charge in [0.15, 0.2) is 0 Å². The molecule has 4 heteroatoms. The molecular weight excluding hydrogens is 240 g/mol. The predicted molar refractivity (Wildman–Crippen MR) is 76.7 cm³/mol. The van der Waals surface area contributed by atoms with Crippen molar-refractivity contribution in [3.05, 3.63) is 35.9 Å². The molecule has 0 aliphatic rings. The normalized spacial score (nSPS) is 13.8. The highest BCUT2D eigenvalue weighted by molar-refractivity contribution is 5.75. The fourth-order valence-electron chi connectivity index (χ4n) is 1.87. The SMILES string of the molecule is COCC(C)CNC(=O)CCC(N)c1ccccc1. The van der Waals surface area contributed by atoms with Crippen molar-refractivity contribution < 1.29 is 9.53 Å². The number of methoxy groups -OCH3 is 1. The Bertz CT molecular complexity index is 368. The number of hydrogen-bond donors (Lipinski definition) is 2. The summed E-state index contributed by atoms with van der Waals surface area (Å²) >= 11 is 0. The second-order valence-corrected chi connectivity index (χ2v) is 4.92. The molecule has 0 bridgehead atoms. The summed E-state index contributed by atoms with van der Waals surface area (Å²) in [5.41, 5.74) is 7.12. The molecule has 0 aliphatic carbocycles. The molecule has 4 nitrogen and oxygen atoms in total. The first-order valence-electron chi connectivity index (χ1n) is 6.69. The van der Waals surface area contributed by atoms with Crippen LogP contribution in [0.25, 0.3) is 0 Å². The van der Waals surface area contributed by atoms with Gasteiger partial charge in [0.25, 0.3) is 0 Å². The molecular formula is C15H24N2O2. The molecule has 0 radical (unpaired) electrons. The third kappa shape index (κ3) is 6.36. The van der Waals surface area contributed by atoms with Gasteiger partial charge in [-0.3, -0.25) is 4.79 Å². The lowest BCUT2D eigenvalue weighted by atomic mass is 10.0. The first-order valence-corrected chi connectivity index (χ1v) is 6.69. The highest BCUT2D eigenvalue weighted by Crippen LogP contribution is 2.14. The minimum absolute atomic E-state index is 0.0503. The smallest absolute Gasteiger partial charge is 0.220 e. The quantitative estimate of drug-likeness (QED) is 0.753. The molecule has 0 aromatic heterocycles. The molecule has 0 heterocycles. The molecule has 0 aliphatic heterocycles. The summed E-state index contributed by atoms with van der Waals surface area (Å²) in [5, 5.41) is 2.90. The molecule has 2 unspecified atom stereocenters. The Kier molecular flexibility index (Phi) is 7.15. The van der Waals surface area contributed by atoms with Gasteiger partial charge in [-0.1, -0.05) is 37.3 Å². The zero-order valence-electron chi connectivity index (χ0n) is 11.8. The first kappa shape index (κ1) is 15.7. The van der Waals surface area contributed by atoms with Gasteiger partial charge in [0.2, 0.25) is 5.91 Å². The van der Waals surface area contributed by atoms with Crippen molar-refractivity contribution in [2.75, 3.05) is 20.3 Å². The maximum absolute atomic E-state index is 11.7. The van der Waals surface area contributed by atoms with Crippen LogP contribution in [0, 0.1) is 5.92 Å². The van der Waals surface area contributed by atoms with E-state index in [-0.39, 0.29) is 11.9 Å². The van der Waals surface area contributed by atoms with Gasteiger partial charge in [-0.2, -0.15) is 0 Å². The number of ether oxygens (including phenoxy) is 1. The molecule has 19 heavy (non-hydrogen) atoms. The van der Waals surface area contributed by atoms with Gasteiger partial charge in [0.05, 0.1) is 6.61 Å². The molecule has 1 amide bonds. The Morgan fingerprint density at radius 3 is 2.68 bits per heavy atom. The average molecular weight is 264 g/mol. The van der Waals surface area contributed by atoms with Crippen molar-refractivity contribution in [2.45, 2.75) is 25.8 Å². The van der Waals surface area contributed by atoms with Crippen molar-refractivity contribution in [1.82, 2.24) is 5.32 Å². The summed E-state index contributed by atoms with van der Waals surface area (Å²) in [4.78, 5) is 11.7. The van der Waals surface area contributed by atoms with Crippen LogP contribution < -0.4 is 11.1 Å².